The minimum Gasteiger partial charge on any atom is -0.454 e. The SMILES string of the molecule is Cc1ccc(C(=O)OCC(=O)c2ccc(Cl)cc2)cc1Br. The first kappa shape index (κ1) is 15.7. The van der Waals surface area contributed by atoms with Gasteiger partial charge in [0.05, 0.1) is 5.56 Å². The molecule has 0 radical (unpaired) electrons. The van der Waals surface area contributed by atoms with Gasteiger partial charge in [-0.1, -0.05) is 33.6 Å². The summed E-state index contributed by atoms with van der Waals surface area (Å²) in [5.41, 5.74) is 1.87. The van der Waals surface area contributed by atoms with Crippen LogP contribution in [0, 0.1) is 6.92 Å². The summed E-state index contributed by atoms with van der Waals surface area (Å²) in [4.78, 5) is 23.8. The van der Waals surface area contributed by atoms with Crippen molar-refractivity contribution in [3.8, 4) is 0 Å². The Hall–Kier alpha value is -1.65. The Kier molecular flexibility index (Phi) is 5.15. The average molecular weight is 368 g/mol. The molecule has 0 amide bonds. The molecular formula is C16H12BrClO3. The molecule has 0 aliphatic heterocycles. The molecule has 5 heteroatoms. The molecule has 2 rings (SSSR count). The van der Waals surface area contributed by atoms with E-state index in [2.05, 4.69) is 15.9 Å². The molecule has 0 fully saturated rings. The molecule has 0 saturated heterocycles. The summed E-state index contributed by atoms with van der Waals surface area (Å²) in [6.07, 6.45) is 0. The van der Waals surface area contributed by atoms with Gasteiger partial charge >= 0.3 is 5.97 Å². The number of esters is 1. The highest BCUT2D eigenvalue weighted by Gasteiger charge is 2.12. The summed E-state index contributed by atoms with van der Waals surface area (Å²) in [6.45, 7) is 1.62. The van der Waals surface area contributed by atoms with Crippen LogP contribution in [0.25, 0.3) is 0 Å². The summed E-state index contributed by atoms with van der Waals surface area (Å²) in [5.74, 6) is -0.802. The first-order valence-electron chi connectivity index (χ1n) is 6.19. The van der Waals surface area contributed by atoms with Crippen LogP contribution >= 0.6 is 27.5 Å². The zero-order valence-corrected chi connectivity index (χ0v) is 13.6. The van der Waals surface area contributed by atoms with Crippen LogP contribution in [0.1, 0.15) is 26.3 Å². The van der Waals surface area contributed by atoms with E-state index < -0.39 is 5.97 Å². The van der Waals surface area contributed by atoms with E-state index in [-0.39, 0.29) is 12.4 Å². The maximum atomic E-state index is 11.9. The largest absolute Gasteiger partial charge is 0.454 e. The van der Waals surface area contributed by atoms with E-state index in [1.54, 1.807) is 36.4 Å². The second kappa shape index (κ2) is 6.87. The highest BCUT2D eigenvalue weighted by Crippen LogP contribution is 2.18. The van der Waals surface area contributed by atoms with E-state index in [1.165, 1.54) is 0 Å². The van der Waals surface area contributed by atoms with Crippen molar-refractivity contribution < 1.29 is 14.3 Å². The zero-order valence-electron chi connectivity index (χ0n) is 11.2. The monoisotopic (exact) mass is 366 g/mol. The fourth-order valence-corrected chi connectivity index (χ4v) is 2.16. The first-order chi connectivity index (χ1) is 9.97. The standard InChI is InChI=1S/C16H12BrClO3/c1-10-2-3-12(8-14(10)17)16(20)21-9-15(19)11-4-6-13(18)7-5-11/h2-8H,9H2,1H3. The highest BCUT2D eigenvalue weighted by molar-refractivity contribution is 9.10. The van der Waals surface area contributed by atoms with E-state index in [4.69, 9.17) is 16.3 Å². The number of Topliss-reactive ketones (excluding diaryl/α,β-unsaturated/α-hetero) is 1. The van der Waals surface area contributed by atoms with Crippen LogP contribution in [0.3, 0.4) is 0 Å². The number of aryl methyl sites for hydroxylation is 1. The minimum atomic E-state index is -0.530. The Labute approximate surface area is 136 Å². The summed E-state index contributed by atoms with van der Waals surface area (Å²) in [6, 6.07) is 11.6. The Morgan fingerprint density at radius 2 is 1.71 bits per heavy atom. The van der Waals surface area contributed by atoms with E-state index in [9.17, 15) is 9.59 Å². The van der Waals surface area contributed by atoms with Crippen LogP contribution in [0.15, 0.2) is 46.9 Å². The predicted molar refractivity (Wildman–Crippen MR) is 84.9 cm³/mol. The van der Waals surface area contributed by atoms with Gasteiger partial charge in [-0.15, -0.1) is 0 Å². The van der Waals surface area contributed by atoms with Crippen molar-refractivity contribution in [2.24, 2.45) is 0 Å². The lowest BCUT2D eigenvalue weighted by atomic mass is 10.1. The normalized spacial score (nSPS) is 10.2. The van der Waals surface area contributed by atoms with Crippen LogP contribution in [-0.4, -0.2) is 18.4 Å². The lowest BCUT2D eigenvalue weighted by Crippen LogP contribution is -2.14. The Morgan fingerprint density at radius 3 is 2.33 bits per heavy atom. The van der Waals surface area contributed by atoms with Crippen molar-refractivity contribution in [3.63, 3.8) is 0 Å². The van der Waals surface area contributed by atoms with E-state index in [0.717, 1.165) is 10.0 Å². The van der Waals surface area contributed by atoms with Crippen LogP contribution < -0.4 is 0 Å². The van der Waals surface area contributed by atoms with Gasteiger partial charge in [0.1, 0.15) is 0 Å². The number of hydrogen-bond acceptors (Lipinski definition) is 3. The predicted octanol–water partition coefficient (Wildman–Crippen LogP) is 4.45. The van der Waals surface area contributed by atoms with Gasteiger partial charge in [-0.2, -0.15) is 0 Å². The van der Waals surface area contributed by atoms with Crippen molar-refractivity contribution in [1.82, 2.24) is 0 Å². The number of carbonyl (C=O) groups excluding carboxylic acids is 2. The molecule has 108 valence electrons. The second-order valence-electron chi connectivity index (χ2n) is 4.47. The molecule has 21 heavy (non-hydrogen) atoms. The molecule has 0 aliphatic carbocycles. The van der Waals surface area contributed by atoms with Crippen LogP contribution in [-0.2, 0) is 4.74 Å². The lowest BCUT2D eigenvalue weighted by Gasteiger charge is -2.06. The maximum absolute atomic E-state index is 11.9. The Balaban J connectivity index is 1.98. The number of hydrogen-bond donors (Lipinski definition) is 0. The van der Waals surface area contributed by atoms with Crippen molar-refractivity contribution in [3.05, 3.63) is 68.7 Å². The lowest BCUT2D eigenvalue weighted by molar-refractivity contribution is 0.0474. The molecule has 0 heterocycles. The molecule has 0 saturated carbocycles. The van der Waals surface area contributed by atoms with Crippen molar-refractivity contribution in [1.29, 1.82) is 0 Å². The molecule has 0 N–H and O–H groups in total. The van der Waals surface area contributed by atoms with E-state index in [0.29, 0.717) is 16.1 Å². The molecule has 2 aromatic carbocycles. The molecule has 0 aliphatic rings. The molecular weight excluding hydrogens is 356 g/mol. The van der Waals surface area contributed by atoms with Crippen molar-refractivity contribution in [2.45, 2.75) is 6.92 Å². The molecule has 0 unspecified atom stereocenters. The van der Waals surface area contributed by atoms with Crippen LogP contribution in [0.2, 0.25) is 5.02 Å². The van der Waals surface area contributed by atoms with E-state index in [1.807, 2.05) is 13.0 Å². The van der Waals surface area contributed by atoms with Gasteiger partial charge in [0.15, 0.2) is 12.4 Å². The second-order valence-corrected chi connectivity index (χ2v) is 5.76. The summed E-state index contributed by atoms with van der Waals surface area (Å²) in [5, 5.41) is 0.549. The van der Waals surface area contributed by atoms with Gasteiger partial charge in [0.2, 0.25) is 0 Å². The van der Waals surface area contributed by atoms with Crippen molar-refractivity contribution in [2.75, 3.05) is 6.61 Å². The number of benzene rings is 2. The molecule has 0 atom stereocenters. The number of rotatable bonds is 4. The van der Waals surface area contributed by atoms with Gasteiger partial charge in [0.25, 0.3) is 0 Å². The Morgan fingerprint density at radius 1 is 1.10 bits per heavy atom. The quantitative estimate of drug-likeness (QED) is 0.592. The summed E-state index contributed by atoms with van der Waals surface area (Å²) >= 11 is 9.10. The number of ether oxygens (including phenoxy) is 1. The average Bonchev–Trinajstić information content (AvgIpc) is 2.48. The first-order valence-corrected chi connectivity index (χ1v) is 7.36. The molecule has 0 spiro atoms. The summed E-state index contributed by atoms with van der Waals surface area (Å²) < 4.78 is 5.85. The van der Waals surface area contributed by atoms with Crippen LogP contribution in [0.5, 0.6) is 0 Å². The molecule has 3 nitrogen and oxygen atoms in total. The highest BCUT2D eigenvalue weighted by atomic mass is 79.9. The smallest absolute Gasteiger partial charge is 0.338 e. The number of ketones is 1. The number of carbonyl (C=O) groups is 2. The topological polar surface area (TPSA) is 43.4 Å². The van der Waals surface area contributed by atoms with Gasteiger partial charge in [-0.25, -0.2) is 4.79 Å². The third kappa shape index (κ3) is 4.16. The minimum absolute atomic E-state index is 0.272. The number of halogens is 2. The maximum Gasteiger partial charge on any atom is 0.338 e. The van der Waals surface area contributed by atoms with Crippen molar-refractivity contribution >= 4 is 39.3 Å². The molecule has 0 bridgehead atoms. The molecule has 0 aromatic heterocycles. The van der Waals surface area contributed by atoms with E-state index >= 15 is 0 Å². The third-order valence-electron chi connectivity index (χ3n) is 2.91. The molecule has 2 aromatic rings. The van der Waals surface area contributed by atoms with Gasteiger partial charge in [-0.05, 0) is 48.9 Å². The zero-order chi connectivity index (χ0) is 15.4. The fourth-order valence-electron chi connectivity index (χ4n) is 1.65. The van der Waals surface area contributed by atoms with Gasteiger partial charge < -0.3 is 4.74 Å². The third-order valence-corrected chi connectivity index (χ3v) is 4.01. The summed E-state index contributed by atoms with van der Waals surface area (Å²) in [7, 11) is 0. The van der Waals surface area contributed by atoms with Crippen LogP contribution in [0.4, 0.5) is 0 Å². The van der Waals surface area contributed by atoms with Gasteiger partial charge in [0, 0.05) is 15.1 Å². The van der Waals surface area contributed by atoms with Gasteiger partial charge in [-0.3, -0.25) is 4.79 Å². The Bertz CT molecular complexity index is 680. The fraction of sp³-hybridized carbons (Fsp3) is 0.125.